The summed E-state index contributed by atoms with van der Waals surface area (Å²) in [6.07, 6.45) is 7.16. The smallest absolute Gasteiger partial charge is 0.379 e. The number of hydrogen-bond donors (Lipinski definition) is 0. The summed E-state index contributed by atoms with van der Waals surface area (Å²) in [5.74, 6) is -3.77. The second-order valence-electron chi connectivity index (χ2n) is 14.3. The number of ether oxygens (including phenoxy) is 4. The largest absolute Gasteiger partial charge is 2.00 e. The van der Waals surface area contributed by atoms with Crippen molar-refractivity contribution in [2.75, 3.05) is 75.7 Å². The molecule has 0 aliphatic rings. The second-order valence-corrected chi connectivity index (χ2v) is 14.3. The van der Waals surface area contributed by atoms with Gasteiger partial charge in [-0.1, -0.05) is 81.1 Å². The predicted octanol–water partition coefficient (Wildman–Crippen LogP) is 9.51. The molecule has 0 aromatic heterocycles. The van der Waals surface area contributed by atoms with Gasteiger partial charge in [0.2, 0.25) is 11.8 Å². The van der Waals surface area contributed by atoms with Crippen molar-refractivity contribution in [2.45, 2.75) is 107 Å². The van der Waals surface area contributed by atoms with E-state index in [2.05, 4.69) is 13.8 Å². The van der Waals surface area contributed by atoms with Gasteiger partial charge in [-0.05, 0) is 37.1 Å². The van der Waals surface area contributed by atoms with Gasteiger partial charge in [0.15, 0.2) is 0 Å². The number of unbranched alkanes of at least 4 members (excludes halogenated alkanes) is 2. The van der Waals surface area contributed by atoms with Gasteiger partial charge >= 0.3 is 21.7 Å². The summed E-state index contributed by atoms with van der Waals surface area (Å²) in [5, 5.41) is 0. The molecule has 2 aromatic rings. The fourth-order valence-electron chi connectivity index (χ4n) is 5.59. The number of anilines is 2. The van der Waals surface area contributed by atoms with Gasteiger partial charge in [-0.3, -0.25) is 9.59 Å². The Kier molecular flexibility index (Phi) is 27.7. The summed E-state index contributed by atoms with van der Waals surface area (Å²) < 4.78 is 76.8. The van der Waals surface area contributed by atoms with Crippen molar-refractivity contribution in [1.82, 2.24) is 0 Å². The molecule has 0 aliphatic carbocycles. The van der Waals surface area contributed by atoms with E-state index in [9.17, 15) is 27.2 Å². The van der Waals surface area contributed by atoms with Crippen molar-refractivity contribution >= 4 is 23.2 Å². The quantitative estimate of drug-likeness (QED) is 0.0408. The van der Waals surface area contributed by atoms with E-state index in [-0.39, 0.29) is 71.2 Å². The maximum absolute atomic E-state index is 14.2. The fraction of sp³-hybridized carbons (Fsp3) is 0.667. The van der Waals surface area contributed by atoms with E-state index in [1.165, 1.54) is 21.9 Å². The van der Waals surface area contributed by atoms with Crippen molar-refractivity contribution in [1.29, 1.82) is 0 Å². The van der Waals surface area contributed by atoms with Gasteiger partial charge < -0.3 is 28.7 Å². The molecule has 0 heterocycles. The molecule has 310 valence electrons. The number of hydrogen-bond acceptors (Lipinski definition) is 6. The molecule has 55 heavy (non-hydrogen) atoms. The van der Waals surface area contributed by atoms with Crippen LogP contribution in [0.25, 0.3) is 0 Å². The standard InChI is InChI=1S/2C21H32F2NO3.Ti/c2*1-5-7-12-26-14-15-27-13-11-24(20(25)21(3,4)10-6-2)19-9-8-17(22)16-18(19)23;/h2*8-9H,5-7,10-15H2,1-4H3;/q2*-1;+2. The first-order chi connectivity index (χ1) is 25.7. The molecule has 0 radical (unpaired) electrons. The van der Waals surface area contributed by atoms with E-state index in [4.69, 9.17) is 18.9 Å². The fourth-order valence-corrected chi connectivity index (χ4v) is 5.59. The first kappa shape index (κ1) is 52.7. The molecular weight excluding hydrogens is 752 g/mol. The summed E-state index contributed by atoms with van der Waals surface area (Å²) in [4.78, 5) is 28.7. The van der Waals surface area contributed by atoms with Crippen molar-refractivity contribution in [3.05, 3.63) is 59.7 Å². The van der Waals surface area contributed by atoms with Crippen LogP contribution in [-0.2, 0) is 50.3 Å². The van der Waals surface area contributed by atoms with Crippen molar-refractivity contribution in [3.8, 4) is 0 Å². The molecule has 2 amide bonds. The number of amides is 2. The molecule has 0 saturated carbocycles. The molecule has 0 unspecified atom stereocenters. The second kappa shape index (κ2) is 29.0. The van der Waals surface area contributed by atoms with Crippen LogP contribution in [0.2, 0.25) is 0 Å². The van der Waals surface area contributed by atoms with Crippen LogP contribution in [0.3, 0.4) is 0 Å². The number of halogens is 4. The van der Waals surface area contributed by atoms with E-state index < -0.39 is 34.1 Å². The monoisotopic (exact) mass is 816 g/mol. The first-order valence-corrected chi connectivity index (χ1v) is 19.4. The SMILES string of the molecule is CCCCOCCOCCN(C(=O)C(C)(C)CCC)c1ccc(F)[c-]c1F.CCCCOCCOCCN(C(=O)C(C)(C)CCC)c1ccc(F)[c-]c1F.[Ti+2]. The van der Waals surface area contributed by atoms with Gasteiger partial charge in [0, 0.05) is 60.4 Å². The molecule has 0 spiro atoms. The van der Waals surface area contributed by atoms with E-state index in [0.29, 0.717) is 52.5 Å². The molecular formula is C42H64F4N2O6Ti. The molecule has 0 fully saturated rings. The molecule has 0 atom stereocenters. The summed E-state index contributed by atoms with van der Waals surface area (Å²) >= 11 is 0. The summed E-state index contributed by atoms with van der Waals surface area (Å²) in [6.45, 7) is 19.5. The minimum absolute atomic E-state index is 0. The van der Waals surface area contributed by atoms with Crippen LogP contribution in [0.4, 0.5) is 28.9 Å². The Morgan fingerprint density at radius 2 is 0.873 bits per heavy atom. The van der Waals surface area contributed by atoms with Gasteiger partial charge in [-0.2, -0.15) is 0 Å². The van der Waals surface area contributed by atoms with Crippen LogP contribution in [0.5, 0.6) is 0 Å². The zero-order valence-corrected chi connectivity index (χ0v) is 36.0. The van der Waals surface area contributed by atoms with E-state index in [0.717, 1.165) is 50.7 Å². The van der Waals surface area contributed by atoms with Crippen LogP contribution < -0.4 is 9.80 Å². The predicted molar refractivity (Wildman–Crippen MR) is 206 cm³/mol. The molecule has 0 bridgehead atoms. The third-order valence-corrected chi connectivity index (χ3v) is 8.61. The summed E-state index contributed by atoms with van der Waals surface area (Å²) in [7, 11) is 0. The van der Waals surface area contributed by atoms with E-state index >= 15 is 0 Å². The van der Waals surface area contributed by atoms with Crippen molar-refractivity contribution < 1.29 is 67.8 Å². The number of carbonyl (C=O) groups excluding carboxylic acids is 2. The molecule has 13 heteroatoms. The molecule has 0 aliphatic heterocycles. The third kappa shape index (κ3) is 20.1. The Bertz CT molecular complexity index is 1270. The molecule has 2 aromatic carbocycles. The number of rotatable bonds is 26. The van der Waals surface area contributed by atoms with Crippen molar-refractivity contribution in [3.63, 3.8) is 0 Å². The number of nitrogens with zero attached hydrogens (tertiary/aromatic N) is 2. The van der Waals surface area contributed by atoms with Gasteiger partial charge in [-0.25, -0.2) is 17.6 Å². The van der Waals surface area contributed by atoms with E-state index in [1.807, 2.05) is 53.7 Å². The minimum Gasteiger partial charge on any atom is -0.379 e. The van der Waals surface area contributed by atoms with Gasteiger partial charge in [-0.15, -0.1) is 36.4 Å². The van der Waals surface area contributed by atoms with Crippen LogP contribution in [-0.4, -0.2) is 77.8 Å². The number of carbonyl (C=O) groups is 2. The molecule has 2 rings (SSSR count). The van der Waals surface area contributed by atoms with Gasteiger partial charge in [0.1, 0.15) is 0 Å². The maximum atomic E-state index is 14.2. The Balaban J connectivity index is 0.00000104. The Labute approximate surface area is 342 Å². The van der Waals surface area contributed by atoms with Crippen LogP contribution in [0, 0.1) is 46.2 Å². The Morgan fingerprint density at radius 1 is 0.545 bits per heavy atom. The summed E-state index contributed by atoms with van der Waals surface area (Å²) in [6, 6.07) is 8.76. The van der Waals surface area contributed by atoms with Crippen LogP contribution in [0.15, 0.2) is 24.3 Å². The van der Waals surface area contributed by atoms with Crippen LogP contribution >= 0.6 is 0 Å². The Morgan fingerprint density at radius 3 is 1.16 bits per heavy atom. The molecule has 8 nitrogen and oxygen atoms in total. The van der Waals surface area contributed by atoms with E-state index in [1.54, 1.807) is 0 Å². The van der Waals surface area contributed by atoms with Crippen molar-refractivity contribution in [2.24, 2.45) is 10.8 Å². The van der Waals surface area contributed by atoms with Gasteiger partial charge in [0.05, 0.1) is 39.6 Å². The number of benzene rings is 2. The topological polar surface area (TPSA) is 77.5 Å². The van der Waals surface area contributed by atoms with Gasteiger partial charge in [0.25, 0.3) is 0 Å². The van der Waals surface area contributed by atoms with Crippen LogP contribution in [0.1, 0.15) is 107 Å². The molecule has 0 saturated heterocycles. The Hall–Kier alpha value is -2.35. The maximum Gasteiger partial charge on any atom is 2.00 e. The zero-order valence-electron chi connectivity index (χ0n) is 34.4. The third-order valence-electron chi connectivity index (χ3n) is 8.61. The molecule has 0 N–H and O–H groups in total. The normalized spacial score (nSPS) is 11.4. The minimum atomic E-state index is -0.876. The average Bonchev–Trinajstić information content (AvgIpc) is 3.11. The first-order valence-electron chi connectivity index (χ1n) is 19.4. The average molecular weight is 817 g/mol. The zero-order chi connectivity index (χ0) is 40.6. The summed E-state index contributed by atoms with van der Waals surface area (Å²) in [5.41, 5.74) is -1.26.